The first-order chi connectivity index (χ1) is 16.5. The van der Waals surface area contributed by atoms with E-state index in [1.54, 1.807) is 0 Å². The van der Waals surface area contributed by atoms with Crippen LogP contribution in [-0.2, 0) is 13.0 Å². The van der Waals surface area contributed by atoms with E-state index in [0.717, 1.165) is 41.1 Å². The predicted octanol–water partition coefficient (Wildman–Crippen LogP) is 5.91. The summed E-state index contributed by atoms with van der Waals surface area (Å²) in [5.41, 5.74) is 5.17. The largest absolute Gasteiger partial charge is 0.494 e. The van der Waals surface area contributed by atoms with Crippen LogP contribution in [0, 0.1) is 6.92 Å². The Hall–Kier alpha value is -3.60. The number of ether oxygens (including phenoxy) is 1. The zero-order valence-corrected chi connectivity index (χ0v) is 20.3. The van der Waals surface area contributed by atoms with Crippen molar-refractivity contribution in [1.82, 2.24) is 14.9 Å². The standard InChI is InChI=1S/C29H33N3O2/c1-21(2)23-12-14-25(15-13-23)34-19-7-18-32-27-11-5-4-10-26(27)31-28(32)16-17-30-29(33)24-9-6-8-22(3)20-24/h4-6,8-15,20-21H,7,16-19H2,1-3H3,(H,30,33). The number of aryl methyl sites for hydroxylation is 2. The summed E-state index contributed by atoms with van der Waals surface area (Å²) in [6, 6.07) is 24.2. The van der Waals surface area contributed by atoms with Gasteiger partial charge in [-0.1, -0.05) is 55.8 Å². The lowest BCUT2D eigenvalue weighted by molar-refractivity contribution is 0.0954. The van der Waals surface area contributed by atoms with Crippen LogP contribution < -0.4 is 10.1 Å². The van der Waals surface area contributed by atoms with Crippen LogP contribution >= 0.6 is 0 Å². The monoisotopic (exact) mass is 455 g/mol. The zero-order chi connectivity index (χ0) is 23.9. The quantitative estimate of drug-likeness (QED) is 0.303. The van der Waals surface area contributed by atoms with E-state index in [1.165, 1.54) is 5.56 Å². The average Bonchev–Trinajstić information content (AvgIpc) is 3.19. The Kier molecular flexibility index (Phi) is 7.63. The maximum atomic E-state index is 12.5. The van der Waals surface area contributed by atoms with Gasteiger partial charge in [0.05, 0.1) is 17.6 Å². The summed E-state index contributed by atoms with van der Waals surface area (Å²) < 4.78 is 8.22. The van der Waals surface area contributed by atoms with Gasteiger partial charge in [0.1, 0.15) is 11.6 Å². The molecule has 4 rings (SSSR count). The fourth-order valence-electron chi connectivity index (χ4n) is 4.10. The first kappa shape index (κ1) is 23.6. The molecule has 34 heavy (non-hydrogen) atoms. The van der Waals surface area contributed by atoms with Gasteiger partial charge < -0.3 is 14.6 Å². The molecule has 3 aromatic carbocycles. The molecule has 0 saturated heterocycles. The van der Waals surface area contributed by atoms with E-state index in [2.05, 4.69) is 41.9 Å². The molecule has 5 nitrogen and oxygen atoms in total. The summed E-state index contributed by atoms with van der Waals surface area (Å²) in [4.78, 5) is 17.3. The van der Waals surface area contributed by atoms with Gasteiger partial charge in [0.2, 0.25) is 0 Å². The van der Waals surface area contributed by atoms with Crippen molar-refractivity contribution in [1.29, 1.82) is 0 Å². The molecule has 1 aromatic heterocycles. The summed E-state index contributed by atoms with van der Waals surface area (Å²) in [5.74, 6) is 2.35. The number of fused-ring (bicyclic) bond motifs is 1. The number of aromatic nitrogens is 2. The molecule has 176 valence electrons. The predicted molar refractivity (Wildman–Crippen MR) is 138 cm³/mol. The number of benzene rings is 3. The summed E-state index contributed by atoms with van der Waals surface area (Å²) >= 11 is 0. The van der Waals surface area contributed by atoms with Gasteiger partial charge in [-0.15, -0.1) is 0 Å². The van der Waals surface area contributed by atoms with Crippen molar-refractivity contribution < 1.29 is 9.53 Å². The Bertz CT molecular complexity index is 1240. The second-order valence-electron chi connectivity index (χ2n) is 8.97. The number of imidazole rings is 1. The topological polar surface area (TPSA) is 56.2 Å². The van der Waals surface area contributed by atoms with E-state index in [4.69, 9.17) is 9.72 Å². The first-order valence-electron chi connectivity index (χ1n) is 12.0. The van der Waals surface area contributed by atoms with Gasteiger partial charge in [-0.2, -0.15) is 0 Å². The minimum atomic E-state index is -0.0525. The van der Waals surface area contributed by atoms with Crippen LogP contribution in [0.25, 0.3) is 11.0 Å². The Labute approximate surface area is 201 Å². The fraction of sp³-hybridized carbons (Fsp3) is 0.310. The Balaban J connectivity index is 1.35. The molecule has 0 radical (unpaired) electrons. The molecule has 0 aliphatic heterocycles. The maximum Gasteiger partial charge on any atom is 0.251 e. The second-order valence-corrected chi connectivity index (χ2v) is 8.97. The highest BCUT2D eigenvalue weighted by Gasteiger charge is 2.12. The Morgan fingerprint density at radius 1 is 1.03 bits per heavy atom. The van der Waals surface area contributed by atoms with E-state index >= 15 is 0 Å². The summed E-state index contributed by atoms with van der Waals surface area (Å²) in [5, 5.41) is 3.03. The average molecular weight is 456 g/mol. The molecule has 1 N–H and O–H groups in total. The molecular weight excluding hydrogens is 422 g/mol. The maximum absolute atomic E-state index is 12.5. The first-order valence-corrected chi connectivity index (χ1v) is 12.0. The molecule has 4 aromatic rings. The molecule has 1 heterocycles. The van der Waals surface area contributed by atoms with Gasteiger partial charge in [0.15, 0.2) is 0 Å². The smallest absolute Gasteiger partial charge is 0.251 e. The van der Waals surface area contributed by atoms with Crippen molar-refractivity contribution in [2.24, 2.45) is 0 Å². The number of carbonyl (C=O) groups excluding carboxylic acids is 1. The van der Waals surface area contributed by atoms with Gasteiger partial charge in [0.25, 0.3) is 5.91 Å². The van der Waals surface area contributed by atoms with Crippen molar-refractivity contribution in [3.63, 3.8) is 0 Å². The molecule has 0 aliphatic carbocycles. The van der Waals surface area contributed by atoms with Crippen molar-refractivity contribution in [2.45, 2.75) is 46.1 Å². The number of para-hydroxylation sites is 2. The van der Waals surface area contributed by atoms with Crippen molar-refractivity contribution >= 4 is 16.9 Å². The van der Waals surface area contributed by atoms with E-state index in [0.29, 0.717) is 31.1 Å². The molecule has 0 spiro atoms. The van der Waals surface area contributed by atoms with Gasteiger partial charge in [-0.25, -0.2) is 4.98 Å². The van der Waals surface area contributed by atoms with E-state index in [1.807, 2.05) is 61.5 Å². The molecule has 1 amide bonds. The molecule has 0 fully saturated rings. The fourth-order valence-corrected chi connectivity index (χ4v) is 4.10. The molecule has 0 atom stereocenters. The lowest BCUT2D eigenvalue weighted by Crippen LogP contribution is -2.26. The van der Waals surface area contributed by atoms with Crippen LogP contribution in [0.1, 0.15) is 53.5 Å². The molecule has 0 saturated carbocycles. The summed E-state index contributed by atoms with van der Waals surface area (Å²) in [7, 11) is 0. The van der Waals surface area contributed by atoms with Crippen molar-refractivity contribution in [3.8, 4) is 5.75 Å². The molecule has 5 heteroatoms. The van der Waals surface area contributed by atoms with Gasteiger partial charge in [-0.05, 0) is 61.2 Å². The van der Waals surface area contributed by atoms with E-state index in [-0.39, 0.29) is 5.91 Å². The molecule has 0 unspecified atom stereocenters. The number of hydrogen-bond acceptors (Lipinski definition) is 3. The minimum Gasteiger partial charge on any atom is -0.494 e. The normalized spacial score (nSPS) is 11.2. The van der Waals surface area contributed by atoms with Crippen molar-refractivity contribution in [3.05, 3.63) is 95.3 Å². The SMILES string of the molecule is Cc1cccc(C(=O)NCCc2nc3ccccc3n2CCCOc2ccc(C(C)C)cc2)c1. The number of hydrogen-bond donors (Lipinski definition) is 1. The Morgan fingerprint density at radius 2 is 1.82 bits per heavy atom. The van der Waals surface area contributed by atoms with Crippen LogP contribution in [0.4, 0.5) is 0 Å². The van der Waals surface area contributed by atoms with Crippen molar-refractivity contribution in [2.75, 3.05) is 13.2 Å². The number of nitrogens with one attached hydrogen (secondary N) is 1. The third-order valence-electron chi connectivity index (χ3n) is 5.99. The number of rotatable bonds is 10. The lowest BCUT2D eigenvalue weighted by Gasteiger charge is -2.12. The van der Waals surface area contributed by atoms with Crippen LogP contribution in [-0.4, -0.2) is 28.6 Å². The number of amides is 1. The highest BCUT2D eigenvalue weighted by atomic mass is 16.5. The second kappa shape index (κ2) is 11.0. The van der Waals surface area contributed by atoms with Gasteiger partial charge >= 0.3 is 0 Å². The summed E-state index contributed by atoms with van der Waals surface area (Å²) in [6.45, 7) is 8.36. The molecular formula is C29H33N3O2. The third-order valence-corrected chi connectivity index (χ3v) is 5.99. The van der Waals surface area contributed by atoms with E-state index in [9.17, 15) is 4.79 Å². The zero-order valence-electron chi connectivity index (χ0n) is 20.3. The highest BCUT2D eigenvalue weighted by Crippen LogP contribution is 2.20. The minimum absolute atomic E-state index is 0.0525. The van der Waals surface area contributed by atoms with Gasteiger partial charge in [-0.3, -0.25) is 4.79 Å². The molecule has 0 bridgehead atoms. The number of nitrogens with zero attached hydrogens (tertiary/aromatic N) is 2. The van der Waals surface area contributed by atoms with Crippen LogP contribution in [0.2, 0.25) is 0 Å². The van der Waals surface area contributed by atoms with Crippen LogP contribution in [0.15, 0.2) is 72.8 Å². The summed E-state index contributed by atoms with van der Waals surface area (Å²) in [6.07, 6.45) is 1.54. The van der Waals surface area contributed by atoms with Crippen LogP contribution in [0.3, 0.4) is 0 Å². The van der Waals surface area contributed by atoms with Crippen LogP contribution in [0.5, 0.6) is 5.75 Å². The van der Waals surface area contributed by atoms with E-state index < -0.39 is 0 Å². The highest BCUT2D eigenvalue weighted by molar-refractivity contribution is 5.94. The number of carbonyl (C=O) groups is 1. The third kappa shape index (κ3) is 5.84. The molecule has 0 aliphatic rings. The lowest BCUT2D eigenvalue weighted by atomic mass is 10.0. The van der Waals surface area contributed by atoms with Gasteiger partial charge in [0, 0.05) is 25.1 Å². The Morgan fingerprint density at radius 3 is 2.59 bits per heavy atom.